The van der Waals surface area contributed by atoms with Gasteiger partial charge in [0.05, 0.1) is 43.6 Å². The van der Waals surface area contributed by atoms with Gasteiger partial charge in [-0.2, -0.15) is 5.10 Å². The number of amides is 3. The lowest BCUT2D eigenvalue weighted by Crippen LogP contribution is -2.41. The number of para-hydroxylation sites is 2. The number of thiophene rings is 1. The Morgan fingerprint density at radius 1 is 1.06 bits per heavy atom. The fraction of sp³-hybridized carbons (Fsp3) is 0.269. The van der Waals surface area contributed by atoms with E-state index in [1.807, 2.05) is 35.7 Å². The van der Waals surface area contributed by atoms with E-state index in [0.29, 0.717) is 29.4 Å². The molecule has 0 aliphatic carbocycles. The van der Waals surface area contributed by atoms with Crippen molar-refractivity contribution < 1.29 is 23.8 Å². The number of hydrogen-bond acceptors (Lipinski definition) is 7. The molecular weight excluding hydrogens is 480 g/mol. The highest BCUT2D eigenvalue weighted by Crippen LogP contribution is 2.39. The third kappa shape index (κ3) is 5.28. The number of nitrogens with zero attached hydrogens (tertiary/aromatic N) is 3. The van der Waals surface area contributed by atoms with Crippen molar-refractivity contribution >= 4 is 34.7 Å². The van der Waals surface area contributed by atoms with E-state index >= 15 is 0 Å². The van der Waals surface area contributed by atoms with Crippen LogP contribution in [0.4, 0.5) is 10.5 Å². The molecule has 3 amide bonds. The van der Waals surface area contributed by atoms with Crippen LogP contribution in [0.5, 0.6) is 17.2 Å². The van der Waals surface area contributed by atoms with Crippen LogP contribution in [0, 0.1) is 0 Å². The van der Waals surface area contributed by atoms with Crippen molar-refractivity contribution in [2.75, 3.05) is 40.2 Å². The summed E-state index contributed by atoms with van der Waals surface area (Å²) >= 11 is 1.56. The molecular formula is C26H28N4O5S. The minimum Gasteiger partial charge on any atom is -0.497 e. The zero-order valence-corrected chi connectivity index (χ0v) is 21.4. The number of anilines is 1. The Morgan fingerprint density at radius 2 is 1.83 bits per heavy atom. The number of ether oxygens (including phenoxy) is 3. The van der Waals surface area contributed by atoms with Crippen LogP contribution in [0.2, 0.25) is 0 Å². The number of methoxy groups -OCH3 is 3. The van der Waals surface area contributed by atoms with Crippen molar-refractivity contribution in [2.45, 2.75) is 12.5 Å². The Hall–Kier alpha value is -4.05. The number of nitrogens with one attached hydrogen (secondary N) is 1. The molecule has 1 aliphatic rings. The fourth-order valence-electron chi connectivity index (χ4n) is 3.98. The van der Waals surface area contributed by atoms with E-state index in [-0.39, 0.29) is 12.5 Å². The number of carbonyl (C=O) groups is 2. The van der Waals surface area contributed by atoms with Crippen LogP contribution in [0.1, 0.15) is 22.9 Å². The highest BCUT2D eigenvalue weighted by Gasteiger charge is 2.36. The monoisotopic (exact) mass is 508 g/mol. The third-order valence-corrected chi connectivity index (χ3v) is 6.75. The molecule has 1 N–H and O–H groups in total. The van der Waals surface area contributed by atoms with Gasteiger partial charge in [0.1, 0.15) is 23.8 Å². The zero-order valence-electron chi connectivity index (χ0n) is 20.6. The van der Waals surface area contributed by atoms with Gasteiger partial charge in [-0.05, 0) is 41.8 Å². The van der Waals surface area contributed by atoms with Gasteiger partial charge >= 0.3 is 6.03 Å². The second-order valence-corrected chi connectivity index (χ2v) is 9.02. The SMILES string of the molecule is COc1ccc(OC)c([C@@H]2CC(c3cccs3)=NN2C(=O)CN(C)C(=O)Nc2ccccc2OC)c1. The van der Waals surface area contributed by atoms with Crippen LogP contribution >= 0.6 is 11.3 Å². The van der Waals surface area contributed by atoms with Crippen molar-refractivity contribution in [2.24, 2.45) is 5.10 Å². The van der Waals surface area contributed by atoms with E-state index in [1.165, 1.54) is 17.0 Å². The number of urea groups is 1. The molecule has 2 heterocycles. The van der Waals surface area contributed by atoms with Crippen LogP contribution in [-0.4, -0.2) is 62.5 Å². The molecule has 0 spiro atoms. The molecule has 1 atom stereocenters. The number of hydrazone groups is 1. The van der Waals surface area contributed by atoms with Gasteiger partial charge in [0.15, 0.2) is 0 Å². The smallest absolute Gasteiger partial charge is 0.322 e. The van der Waals surface area contributed by atoms with Crippen LogP contribution in [0.3, 0.4) is 0 Å². The highest BCUT2D eigenvalue weighted by molar-refractivity contribution is 7.12. The summed E-state index contributed by atoms with van der Waals surface area (Å²) < 4.78 is 16.3. The molecule has 9 nitrogen and oxygen atoms in total. The maximum Gasteiger partial charge on any atom is 0.322 e. The number of hydrogen-bond donors (Lipinski definition) is 1. The Labute approximate surface area is 213 Å². The second-order valence-electron chi connectivity index (χ2n) is 8.08. The molecule has 0 saturated heterocycles. The molecule has 188 valence electrons. The standard InChI is InChI=1S/C26H28N4O5S/c1-29(26(32)27-19-8-5-6-9-23(19)35-4)16-25(31)30-21(15-20(28-30)24-10-7-13-36-24)18-14-17(33-2)11-12-22(18)34-3/h5-14,21H,15-16H2,1-4H3,(H,27,32)/t21-/m0/s1. The maximum atomic E-state index is 13.5. The molecule has 0 fully saturated rings. The van der Waals surface area contributed by atoms with Gasteiger partial charge in [-0.3, -0.25) is 4.79 Å². The normalized spacial score (nSPS) is 14.7. The predicted molar refractivity (Wildman–Crippen MR) is 139 cm³/mol. The Morgan fingerprint density at radius 3 is 2.53 bits per heavy atom. The van der Waals surface area contributed by atoms with Gasteiger partial charge in [-0.25, -0.2) is 9.80 Å². The Balaban J connectivity index is 1.57. The summed E-state index contributed by atoms with van der Waals surface area (Å²) in [4.78, 5) is 28.6. The molecule has 36 heavy (non-hydrogen) atoms. The molecule has 0 unspecified atom stereocenters. The van der Waals surface area contributed by atoms with Gasteiger partial charge < -0.3 is 24.4 Å². The summed E-state index contributed by atoms with van der Waals surface area (Å²) in [6.07, 6.45) is 0.507. The lowest BCUT2D eigenvalue weighted by Gasteiger charge is -2.26. The van der Waals surface area contributed by atoms with Gasteiger partial charge in [-0.1, -0.05) is 18.2 Å². The molecule has 10 heteroatoms. The van der Waals surface area contributed by atoms with Crippen molar-refractivity contribution in [1.29, 1.82) is 0 Å². The first kappa shape index (κ1) is 25.1. The van der Waals surface area contributed by atoms with E-state index in [9.17, 15) is 9.59 Å². The first-order chi connectivity index (χ1) is 17.4. The van der Waals surface area contributed by atoms with Gasteiger partial charge in [0, 0.05) is 19.0 Å². The lowest BCUT2D eigenvalue weighted by molar-refractivity contribution is -0.133. The minimum atomic E-state index is -0.440. The Bertz CT molecular complexity index is 1260. The van der Waals surface area contributed by atoms with Crippen LogP contribution < -0.4 is 19.5 Å². The van der Waals surface area contributed by atoms with Crippen LogP contribution in [-0.2, 0) is 4.79 Å². The molecule has 0 bridgehead atoms. The van der Waals surface area contributed by atoms with Crippen molar-refractivity contribution in [1.82, 2.24) is 9.91 Å². The first-order valence-electron chi connectivity index (χ1n) is 11.3. The van der Waals surface area contributed by atoms with E-state index in [0.717, 1.165) is 16.2 Å². The minimum absolute atomic E-state index is 0.176. The van der Waals surface area contributed by atoms with Crippen molar-refractivity contribution in [3.8, 4) is 17.2 Å². The van der Waals surface area contributed by atoms with Crippen molar-refractivity contribution in [3.63, 3.8) is 0 Å². The molecule has 3 aromatic rings. The molecule has 4 rings (SSSR count). The average Bonchev–Trinajstić information content (AvgIpc) is 3.59. The third-order valence-electron chi connectivity index (χ3n) is 5.84. The topological polar surface area (TPSA) is 92.7 Å². The van der Waals surface area contributed by atoms with Crippen LogP contribution in [0.25, 0.3) is 0 Å². The number of likely N-dealkylation sites (N-methyl/N-ethyl adjacent to an activating group) is 1. The summed E-state index contributed by atoms with van der Waals surface area (Å²) in [6.45, 7) is -0.176. The van der Waals surface area contributed by atoms with E-state index < -0.39 is 12.1 Å². The fourth-order valence-corrected chi connectivity index (χ4v) is 4.70. The molecule has 0 radical (unpaired) electrons. The summed E-state index contributed by atoms with van der Waals surface area (Å²) in [5.41, 5.74) is 2.10. The van der Waals surface area contributed by atoms with E-state index in [2.05, 4.69) is 10.4 Å². The zero-order chi connectivity index (χ0) is 25.7. The lowest BCUT2D eigenvalue weighted by atomic mass is 9.99. The summed E-state index contributed by atoms with van der Waals surface area (Å²) in [7, 11) is 6.26. The quantitative estimate of drug-likeness (QED) is 0.480. The molecule has 2 aromatic carbocycles. The molecule has 1 aromatic heterocycles. The number of benzene rings is 2. The van der Waals surface area contributed by atoms with Gasteiger partial charge in [-0.15, -0.1) is 11.3 Å². The maximum absolute atomic E-state index is 13.5. The first-order valence-corrected chi connectivity index (χ1v) is 12.1. The van der Waals surface area contributed by atoms with E-state index in [4.69, 9.17) is 14.2 Å². The summed E-state index contributed by atoms with van der Waals surface area (Å²) in [6, 6.07) is 15.6. The molecule has 1 aliphatic heterocycles. The number of carbonyl (C=O) groups excluding carboxylic acids is 2. The van der Waals surface area contributed by atoms with Crippen LogP contribution in [0.15, 0.2) is 65.1 Å². The highest BCUT2D eigenvalue weighted by atomic mass is 32.1. The summed E-state index contributed by atoms with van der Waals surface area (Å²) in [5.74, 6) is 1.48. The van der Waals surface area contributed by atoms with E-state index in [1.54, 1.807) is 56.9 Å². The van der Waals surface area contributed by atoms with Gasteiger partial charge in [0.25, 0.3) is 5.91 Å². The Kier molecular flexibility index (Phi) is 7.74. The number of rotatable bonds is 8. The van der Waals surface area contributed by atoms with Crippen molar-refractivity contribution in [3.05, 3.63) is 70.4 Å². The second kappa shape index (κ2) is 11.1. The predicted octanol–water partition coefficient (Wildman–Crippen LogP) is 4.62. The average molecular weight is 509 g/mol. The largest absolute Gasteiger partial charge is 0.497 e. The molecule has 0 saturated carbocycles. The summed E-state index contributed by atoms with van der Waals surface area (Å²) in [5, 5.41) is 10.9. The van der Waals surface area contributed by atoms with Gasteiger partial charge in [0.2, 0.25) is 0 Å².